The Bertz CT molecular complexity index is 215. The Morgan fingerprint density at radius 2 is 2.18 bits per heavy atom. The molecule has 0 aromatic heterocycles. The van der Waals surface area contributed by atoms with Crippen molar-refractivity contribution in [3.05, 3.63) is 11.6 Å². The maximum atomic E-state index is 11.4. The summed E-state index contributed by atoms with van der Waals surface area (Å²) in [6.07, 6.45) is 6.49. The molecule has 0 saturated heterocycles. The SMILES string of the molecule is CC1=CC2CCC1CCC2=O. The quantitative estimate of drug-likeness (QED) is 0.484. The van der Waals surface area contributed by atoms with Crippen LogP contribution in [0.25, 0.3) is 0 Å². The molecule has 0 aromatic rings. The van der Waals surface area contributed by atoms with Gasteiger partial charge in [0.05, 0.1) is 0 Å². The van der Waals surface area contributed by atoms with Crippen LogP contribution in [0.5, 0.6) is 0 Å². The number of fused-ring (bicyclic) bond motifs is 3. The third-order valence-electron chi connectivity index (χ3n) is 3.09. The van der Waals surface area contributed by atoms with Crippen molar-refractivity contribution in [3.63, 3.8) is 0 Å². The maximum absolute atomic E-state index is 11.4. The molecule has 3 rings (SSSR count). The lowest BCUT2D eigenvalue weighted by molar-refractivity contribution is -0.121. The van der Waals surface area contributed by atoms with Crippen LogP contribution in [0.3, 0.4) is 0 Å². The van der Waals surface area contributed by atoms with Gasteiger partial charge in [-0.25, -0.2) is 0 Å². The Labute approximate surface area is 67.5 Å². The third kappa shape index (κ3) is 1.13. The van der Waals surface area contributed by atoms with Crippen LogP contribution in [-0.2, 0) is 4.79 Å². The van der Waals surface area contributed by atoms with Gasteiger partial charge >= 0.3 is 0 Å². The fourth-order valence-electron chi connectivity index (χ4n) is 2.27. The summed E-state index contributed by atoms with van der Waals surface area (Å²) in [6, 6.07) is 0. The average molecular weight is 150 g/mol. The molecule has 11 heavy (non-hydrogen) atoms. The van der Waals surface area contributed by atoms with Gasteiger partial charge in [0.1, 0.15) is 5.78 Å². The zero-order valence-electron chi connectivity index (χ0n) is 6.97. The second-order valence-corrected chi connectivity index (χ2v) is 3.80. The van der Waals surface area contributed by atoms with Crippen molar-refractivity contribution in [3.8, 4) is 0 Å². The molecule has 0 aromatic carbocycles. The Morgan fingerprint density at radius 1 is 1.36 bits per heavy atom. The summed E-state index contributed by atoms with van der Waals surface area (Å²) in [6.45, 7) is 2.18. The Hall–Kier alpha value is -0.590. The van der Waals surface area contributed by atoms with Gasteiger partial charge in [0.15, 0.2) is 0 Å². The zero-order valence-corrected chi connectivity index (χ0v) is 6.97. The molecule has 2 unspecified atom stereocenters. The molecular formula is C10H14O. The van der Waals surface area contributed by atoms with Crippen LogP contribution in [0, 0.1) is 11.8 Å². The minimum absolute atomic E-state index is 0.286. The van der Waals surface area contributed by atoms with Gasteiger partial charge in [-0.2, -0.15) is 0 Å². The molecule has 0 radical (unpaired) electrons. The average Bonchev–Trinajstić information content (AvgIpc) is 2.22. The fraction of sp³-hybridized carbons (Fsp3) is 0.700. The van der Waals surface area contributed by atoms with E-state index in [4.69, 9.17) is 0 Å². The first-order chi connectivity index (χ1) is 5.27. The number of Topliss-reactive ketones (excluding diaryl/α,β-unsaturated/α-hetero) is 1. The van der Waals surface area contributed by atoms with Gasteiger partial charge in [0, 0.05) is 12.3 Å². The van der Waals surface area contributed by atoms with E-state index < -0.39 is 0 Å². The minimum atomic E-state index is 0.286. The van der Waals surface area contributed by atoms with Crippen LogP contribution in [-0.4, -0.2) is 5.78 Å². The number of hydrogen-bond acceptors (Lipinski definition) is 1. The van der Waals surface area contributed by atoms with Crippen molar-refractivity contribution in [2.75, 3.05) is 0 Å². The van der Waals surface area contributed by atoms with Gasteiger partial charge in [0.2, 0.25) is 0 Å². The Morgan fingerprint density at radius 3 is 2.91 bits per heavy atom. The van der Waals surface area contributed by atoms with Crippen LogP contribution in [0.1, 0.15) is 32.6 Å². The lowest BCUT2D eigenvalue weighted by Gasteiger charge is -2.20. The highest BCUT2D eigenvalue weighted by Crippen LogP contribution is 2.36. The van der Waals surface area contributed by atoms with E-state index in [0.29, 0.717) is 5.78 Å². The summed E-state index contributed by atoms with van der Waals surface area (Å²) in [7, 11) is 0. The van der Waals surface area contributed by atoms with Crippen molar-refractivity contribution in [2.45, 2.75) is 32.6 Å². The molecule has 0 amide bonds. The summed E-state index contributed by atoms with van der Waals surface area (Å²) >= 11 is 0. The number of rotatable bonds is 0. The van der Waals surface area contributed by atoms with Gasteiger partial charge in [-0.15, -0.1) is 0 Å². The van der Waals surface area contributed by atoms with Crippen molar-refractivity contribution in [1.82, 2.24) is 0 Å². The van der Waals surface area contributed by atoms with E-state index in [1.54, 1.807) is 0 Å². The molecule has 1 fully saturated rings. The summed E-state index contributed by atoms with van der Waals surface area (Å²) in [4.78, 5) is 11.4. The molecule has 1 heteroatoms. The number of allylic oxidation sites excluding steroid dienone is 2. The van der Waals surface area contributed by atoms with E-state index >= 15 is 0 Å². The first-order valence-corrected chi connectivity index (χ1v) is 4.48. The van der Waals surface area contributed by atoms with E-state index in [0.717, 1.165) is 25.2 Å². The highest BCUT2D eigenvalue weighted by atomic mass is 16.1. The minimum Gasteiger partial charge on any atom is -0.299 e. The van der Waals surface area contributed by atoms with Crippen molar-refractivity contribution in [2.24, 2.45) is 11.8 Å². The summed E-state index contributed by atoms with van der Waals surface area (Å²) < 4.78 is 0. The Balaban J connectivity index is 2.31. The first-order valence-electron chi connectivity index (χ1n) is 4.48. The largest absolute Gasteiger partial charge is 0.299 e. The normalized spacial score (nSPS) is 36.8. The highest BCUT2D eigenvalue weighted by Gasteiger charge is 2.29. The summed E-state index contributed by atoms with van der Waals surface area (Å²) in [5.41, 5.74) is 1.46. The molecule has 1 nitrogen and oxygen atoms in total. The van der Waals surface area contributed by atoms with Crippen LogP contribution >= 0.6 is 0 Å². The molecule has 2 atom stereocenters. The van der Waals surface area contributed by atoms with Crippen LogP contribution in [0.15, 0.2) is 11.6 Å². The predicted molar refractivity (Wildman–Crippen MR) is 44.2 cm³/mol. The van der Waals surface area contributed by atoms with Crippen LogP contribution < -0.4 is 0 Å². The number of carbonyl (C=O) groups is 1. The molecular weight excluding hydrogens is 136 g/mol. The Kier molecular flexibility index (Phi) is 1.59. The fourth-order valence-corrected chi connectivity index (χ4v) is 2.27. The van der Waals surface area contributed by atoms with Gasteiger partial charge in [-0.05, 0) is 32.1 Å². The smallest absolute Gasteiger partial charge is 0.139 e. The topological polar surface area (TPSA) is 17.1 Å². The number of ketones is 1. The van der Waals surface area contributed by atoms with Crippen LogP contribution in [0.4, 0.5) is 0 Å². The van der Waals surface area contributed by atoms with Gasteiger partial charge in [-0.1, -0.05) is 11.6 Å². The zero-order chi connectivity index (χ0) is 7.84. The van der Waals surface area contributed by atoms with Crippen molar-refractivity contribution in [1.29, 1.82) is 0 Å². The molecule has 0 N–H and O–H groups in total. The second-order valence-electron chi connectivity index (χ2n) is 3.80. The summed E-state index contributed by atoms with van der Waals surface area (Å²) in [5, 5.41) is 0. The lowest BCUT2D eigenvalue weighted by atomic mass is 9.85. The second kappa shape index (κ2) is 2.47. The van der Waals surface area contributed by atoms with Gasteiger partial charge < -0.3 is 0 Å². The maximum Gasteiger partial charge on any atom is 0.139 e. The van der Waals surface area contributed by atoms with E-state index in [1.165, 1.54) is 12.0 Å². The molecule has 0 aliphatic heterocycles. The van der Waals surface area contributed by atoms with Crippen molar-refractivity contribution >= 4 is 5.78 Å². The summed E-state index contributed by atoms with van der Waals surface area (Å²) in [5.74, 6) is 1.50. The molecule has 0 heterocycles. The standard InChI is InChI=1S/C10H14O/c1-7-6-9-3-2-8(7)4-5-10(9)11/h6,8-9H,2-5H2,1H3. The van der Waals surface area contributed by atoms with Gasteiger partial charge in [0.25, 0.3) is 0 Å². The van der Waals surface area contributed by atoms with E-state index in [1.807, 2.05) is 0 Å². The van der Waals surface area contributed by atoms with Crippen molar-refractivity contribution < 1.29 is 4.79 Å². The van der Waals surface area contributed by atoms with E-state index in [2.05, 4.69) is 13.0 Å². The monoisotopic (exact) mass is 150 g/mol. The third-order valence-corrected chi connectivity index (χ3v) is 3.09. The lowest BCUT2D eigenvalue weighted by Crippen LogP contribution is -2.12. The van der Waals surface area contributed by atoms with E-state index in [9.17, 15) is 4.79 Å². The van der Waals surface area contributed by atoms with E-state index in [-0.39, 0.29) is 5.92 Å². The molecule has 60 valence electrons. The number of carbonyl (C=O) groups excluding carboxylic acids is 1. The van der Waals surface area contributed by atoms with Crippen LogP contribution in [0.2, 0.25) is 0 Å². The molecule has 2 bridgehead atoms. The molecule has 0 spiro atoms. The molecule has 3 aliphatic rings. The van der Waals surface area contributed by atoms with Gasteiger partial charge in [-0.3, -0.25) is 4.79 Å². The molecule has 3 aliphatic carbocycles. The predicted octanol–water partition coefficient (Wildman–Crippen LogP) is 2.32. The molecule has 1 saturated carbocycles. The highest BCUT2D eigenvalue weighted by molar-refractivity contribution is 5.83. The first kappa shape index (κ1) is 7.08. The number of hydrogen-bond donors (Lipinski definition) is 0.